The Morgan fingerprint density at radius 2 is 2.10 bits per heavy atom. The second-order valence-electron chi connectivity index (χ2n) is 7.77. The van der Waals surface area contributed by atoms with Crippen LogP contribution in [-0.2, 0) is 9.59 Å². The monoisotopic (exact) mass is 438 g/mol. The van der Waals surface area contributed by atoms with Gasteiger partial charge < -0.3 is 10.6 Å². The molecule has 2 amide bonds. The highest BCUT2D eigenvalue weighted by atomic mass is 35.5. The third-order valence-electron chi connectivity index (χ3n) is 5.50. The molecule has 1 aliphatic heterocycles. The Morgan fingerprint density at radius 3 is 2.77 bits per heavy atom. The van der Waals surface area contributed by atoms with Crippen molar-refractivity contribution < 1.29 is 14.5 Å². The average molecular weight is 439 g/mol. The number of halogens is 1. The molecule has 0 aliphatic carbocycles. The van der Waals surface area contributed by atoms with Gasteiger partial charge in [-0.2, -0.15) is 0 Å². The predicted octanol–water partition coefficient (Wildman–Crippen LogP) is 3.98. The van der Waals surface area contributed by atoms with Crippen molar-refractivity contribution in [1.29, 1.82) is 0 Å². The molecule has 0 radical (unpaired) electrons. The van der Waals surface area contributed by atoms with Gasteiger partial charge in [0.15, 0.2) is 0 Å². The normalized spacial score (nSPS) is 17.9. The summed E-state index contributed by atoms with van der Waals surface area (Å²) in [5, 5.41) is 16.7. The number of non-ortho nitro benzene ring substituents is 1. The smallest absolute Gasteiger partial charge is 0.271 e. The summed E-state index contributed by atoms with van der Waals surface area (Å²) in [5.74, 6) is -0.322. The van der Waals surface area contributed by atoms with Crippen LogP contribution in [-0.4, -0.2) is 47.3 Å². The van der Waals surface area contributed by atoms with Gasteiger partial charge in [0, 0.05) is 25.2 Å². The lowest BCUT2D eigenvalue weighted by molar-refractivity contribution is -0.384. The van der Waals surface area contributed by atoms with Gasteiger partial charge in [-0.05, 0) is 38.8 Å². The van der Waals surface area contributed by atoms with Crippen LogP contribution in [0.1, 0.15) is 52.4 Å². The number of carbonyl (C=O) groups excluding carboxylic acids is 2. The zero-order valence-electron chi connectivity index (χ0n) is 17.7. The maximum atomic E-state index is 12.7. The molecule has 2 unspecified atom stereocenters. The minimum atomic E-state index is -0.539. The topological polar surface area (TPSA) is 105 Å². The second kappa shape index (κ2) is 11.9. The maximum absolute atomic E-state index is 12.7. The lowest BCUT2D eigenvalue weighted by Gasteiger charge is -2.35. The number of nitro groups is 1. The summed E-state index contributed by atoms with van der Waals surface area (Å²) in [6.45, 7) is 5.91. The highest BCUT2D eigenvalue weighted by molar-refractivity contribution is 6.34. The largest absolute Gasteiger partial charge is 0.356 e. The number of hydrogen-bond acceptors (Lipinski definition) is 5. The Hall–Kier alpha value is -2.19. The van der Waals surface area contributed by atoms with Crippen molar-refractivity contribution >= 4 is 34.8 Å². The number of likely N-dealkylation sites (tertiary alicyclic amines) is 1. The molecule has 0 bridgehead atoms. The van der Waals surface area contributed by atoms with Crippen LogP contribution < -0.4 is 10.6 Å². The van der Waals surface area contributed by atoms with Crippen LogP contribution in [0.5, 0.6) is 0 Å². The molecule has 0 aromatic heterocycles. The maximum Gasteiger partial charge on any atom is 0.271 e. The van der Waals surface area contributed by atoms with Crippen LogP contribution in [0.4, 0.5) is 11.4 Å². The van der Waals surface area contributed by atoms with Crippen LogP contribution in [0.3, 0.4) is 0 Å². The number of nitrogens with zero attached hydrogens (tertiary/aromatic N) is 2. The Balaban J connectivity index is 1.88. The minimum absolute atomic E-state index is 0.0576. The van der Waals surface area contributed by atoms with Crippen LogP contribution in [0.2, 0.25) is 5.02 Å². The Bertz CT molecular complexity index is 759. The number of amides is 2. The summed E-state index contributed by atoms with van der Waals surface area (Å²) in [6, 6.07) is 3.49. The first kappa shape index (κ1) is 24.1. The molecule has 1 aromatic rings. The van der Waals surface area contributed by atoms with Crippen molar-refractivity contribution in [1.82, 2.24) is 10.2 Å². The summed E-state index contributed by atoms with van der Waals surface area (Å²) in [4.78, 5) is 37.4. The number of rotatable bonds is 10. The van der Waals surface area contributed by atoms with E-state index in [0.29, 0.717) is 18.8 Å². The van der Waals surface area contributed by atoms with E-state index in [2.05, 4.69) is 17.6 Å². The van der Waals surface area contributed by atoms with Gasteiger partial charge >= 0.3 is 0 Å². The zero-order valence-corrected chi connectivity index (χ0v) is 18.4. The van der Waals surface area contributed by atoms with Gasteiger partial charge in [0.2, 0.25) is 11.8 Å². The van der Waals surface area contributed by atoms with Crippen molar-refractivity contribution in [2.45, 2.75) is 58.4 Å². The van der Waals surface area contributed by atoms with E-state index in [9.17, 15) is 19.7 Å². The van der Waals surface area contributed by atoms with Crippen LogP contribution in [0.25, 0.3) is 0 Å². The number of carbonyl (C=O) groups is 2. The lowest BCUT2D eigenvalue weighted by Crippen LogP contribution is -2.50. The zero-order chi connectivity index (χ0) is 22.1. The SMILES string of the molecule is CCCCCCNC(=O)C1CCCN(C(C)C(=O)Nc2ccc([N+](=O)[O-])cc2Cl)C1. The van der Waals surface area contributed by atoms with Crippen molar-refractivity contribution in [3.05, 3.63) is 33.3 Å². The first-order valence-corrected chi connectivity index (χ1v) is 11.0. The third-order valence-corrected chi connectivity index (χ3v) is 5.81. The summed E-state index contributed by atoms with van der Waals surface area (Å²) < 4.78 is 0. The molecular formula is C21H31ClN4O4. The standard InChI is InChI=1S/C21H31ClN4O4/c1-3-4-5-6-11-23-21(28)16-8-7-12-25(14-16)15(2)20(27)24-19-10-9-17(26(29)30)13-18(19)22/h9-10,13,15-16H,3-8,11-12,14H2,1-2H3,(H,23,28)(H,24,27). The number of anilines is 1. The van der Waals surface area contributed by atoms with Crippen molar-refractivity contribution in [3.63, 3.8) is 0 Å². The molecule has 2 atom stereocenters. The van der Waals surface area contributed by atoms with Crippen LogP contribution >= 0.6 is 11.6 Å². The van der Waals surface area contributed by atoms with Gasteiger partial charge in [-0.25, -0.2) is 0 Å². The van der Waals surface area contributed by atoms with E-state index in [-0.39, 0.29) is 28.4 Å². The predicted molar refractivity (Wildman–Crippen MR) is 118 cm³/mol. The molecule has 1 aliphatic rings. The fraction of sp³-hybridized carbons (Fsp3) is 0.619. The Morgan fingerprint density at radius 1 is 1.33 bits per heavy atom. The number of piperidine rings is 1. The first-order chi connectivity index (χ1) is 14.3. The second-order valence-corrected chi connectivity index (χ2v) is 8.18. The molecule has 2 rings (SSSR count). The van der Waals surface area contributed by atoms with Crippen molar-refractivity contribution in [3.8, 4) is 0 Å². The number of hydrogen-bond donors (Lipinski definition) is 2. The number of nitrogens with one attached hydrogen (secondary N) is 2. The molecule has 9 heteroatoms. The van der Waals surface area contributed by atoms with Gasteiger partial charge in [-0.3, -0.25) is 24.6 Å². The molecule has 0 spiro atoms. The number of nitro benzene ring substituents is 1. The third kappa shape index (κ3) is 6.95. The minimum Gasteiger partial charge on any atom is -0.356 e. The molecule has 1 saturated heterocycles. The average Bonchev–Trinajstić information content (AvgIpc) is 2.74. The van der Waals surface area contributed by atoms with Crippen molar-refractivity contribution in [2.24, 2.45) is 5.92 Å². The Labute approximate surface area is 182 Å². The first-order valence-electron chi connectivity index (χ1n) is 10.6. The molecule has 1 aromatic carbocycles. The van der Waals surface area contributed by atoms with E-state index in [1.807, 2.05) is 4.90 Å². The van der Waals surface area contributed by atoms with Gasteiger partial charge in [-0.15, -0.1) is 0 Å². The van der Waals surface area contributed by atoms with Gasteiger partial charge in [-0.1, -0.05) is 37.8 Å². The van der Waals surface area contributed by atoms with E-state index in [1.54, 1.807) is 6.92 Å². The fourth-order valence-corrected chi connectivity index (χ4v) is 3.82. The quantitative estimate of drug-likeness (QED) is 0.326. The van der Waals surface area contributed by atoms with E-state index in [1.165, 1.54) is 24.6 Å². The van der Waals surface area contributed by atoms with E-state index in [0.717, 1.165) is 38.6 Å². The van der Waals surface area contributed by atoms with E-state index in [4.69, 9.17) is 11.6 Å². The highest BCUT2D eigenvalue weighted by Crippen LogP contribution is 2.27. The number of benzene rings is 1. The van der Waals surface area contributed by atoms with Crippen LogP contribution in [0, 0.1) is 16.0 Å². The molecule has 1 fully saturated rings. The van der Waals surface area contributed by atoms with Gasteiger partial charge in [0.1, 0.15) is 0 Å². The molecule has 2 N–H and O–H groups in total. The van der Waals surface area contributed by atoms with Gasteiger partial charge in [0.25, 0.3) is 5.69 Å². The number of unbranched alkanes of at least 4 members (excludes halogenated alkanes) is 3. The van der Waals surface area contributed by atoms with Crippen molar-refractivity contribution in [2.75, 3.05) is 25.0 Å². The summed E-state index contributed by atoms with van der Waals surface area (Å²) in [5.41, 5.74) is 0.197. The molecular weight excluding hydrogens is 408 g/mol. The fourth-order valence-electron chi connectivity index (χ4n) is 3.60. The summed E-state index contributed by atoms with van der Waals surface area (Å²) in [7, 11) is 0. The molecule has 1 heterocycles. The molecule has 166 valence electrons. The Kier molecular flexibility index (Phi) is 9.52. The van der Waals surface area contributed by atoms with E-state index >= 15 is 0 Å². The van der Waals surface area contributed by atoms with E-state index < -0.39 is 11.0 Å². The van der Waals surface area contributed by atoms with Crippen LogP contribution in [0.15, 0.2) is 18.2 Å². The molecule has 30 heavy (non-hydrogen) atoms. The molecule has 0 saturated carbocycles. The summed E-state index contributed by atoms with van der Waals surface area (Å²) >= 11 is 6.07. The summed E-state index contributed by atoms with van der Waals surface area (Å²) in [6.07, 6.45) is 6.12. The van der Waals surface area contributed by atoms with Gasteiger partial charge in [0.05, 0.1) is 27.6 Å². The highest BCUT2D eigenvalue weighted by Gasteiger charge is 2.31. The molecule has 8 nitrogen and oxygen atoms in total. The lowest BCUT2D eigenvalue weighted by atomic mass is 9.95.